The molecule has 1 heterocycles. The zero-order chi connectivity index (χ0) is 11.3. The van der Waals surface area contributed by atoms with Crippen LogP contribution in [-0.4, -0.2) is 37.0 Å². The molecule has 0 bridgehead atoms. The van der Waals surface area contributed by atoms with Crippen LogP contribution in [-0.2, 0) is 19.0 Å². The van der Waals surface area contributed by atoms with Crippen molar-refractivity contribution in [3.63, 3.8) is 0 Å². The molecule has 1 aliphatic rings. The fourth-order valence-corrected chi connectivity index (χ4v) is 1.29. The second-order valence-electron chi connectivity index (χ2n) is 3.78. The highest BCUT2D eigenvalue weighted by Crippen LogP contribution is 2.18. The summed E-state index contributed by atoms with van der Waals surface area (Å²) in [5.74, 6) is -1.48. The minimum atomic E-state index is -0.999. The summed E-state index contributed by atoms with van der Waals surface area (Å²) in [6.45, 7) is 4.76. The molecule has 2 atom stereocenters. The molecule has 5 heteroatoms. The van der Waals surface area contributed by atoms with Crippen LogP contribution in [0.3, 0.4) is 0 Å². The van der Waals surface area contributed by atoms with Crippen molar-refractivity contribution in [2.75, 3.05) is 19.8 Å². The van der Waals surface area contributed by atoms with E-state index in [1.54, 1.807) is 13.8 Å². The largest absolute Gasteiger partial charge is 0.430 e. The average Bonchev–Trinajstić information content (AvgIpc) is 2.12. The predicted octanol–water partition coefficient (Wildman–Crippen LogP) is 1.70. The molecule has 0 spiro atoms. The SMILES string of the molecule is CC(Cl)C(=O)OC1(C)COCCCCO1. The molecule has 1 saturated heterocycles. The van der Waals surface area contributed by atoms with E-state index in [-0.39, 0.29) is 6.61 Å². The van der Waals surface area contributed by atoms with Gasteiger partial charge >= 0.3 is 5.97 Å². The summed E-state index contributed by atoms with van der Waals surface area (Å²) in [5.41, 5.74) is 0. The van der Waals surface area contributed by atoms with Gasteiger partial charge in [0.25, 0.3) is 0 Å². The lowest BCUT2D eigenvalue weighted by Gasteiger charge is -2.31. The molecular weight excluding hydrogens is 220 g/mol. The van der Waals surface area contributed by atoms with Gasteiger partial charge < -0.3 is 14.2 Å². The first-order valence-corrected chi connectivity index (χ1v) is 5.56. The quantitative estimate of drug-likeness (QED) is 0.541. The van der Waals surface area contributed by atoms with Gasteiger partial charge in [0.05, 0.1) is 6.61 Å². The van der Waals surface area contributed by atoms with Gasteiger partial charge in [-0.2, -0.15) is 0 Å². The Morgan fingerprint density at radius 1 is 1.47 bits per heavy atom. The normalized spacial score (nSPS) is 30.1. The van der Waals surface area contributed by atoms with Gasteiger partial charge in [-0.15, -0.1) is 11.6 Å². The van der Waals surface area contributed by atoms with Crippen LogP contribution < -0.4 is 0 Å². The number of esters is 1. The van der Waals surface area contributed by atoms with E-state index in [2.05, 4.69) is 0 Å². The van der Waals surface area contributed by atoms with E-state index in [0.29, 0.717) is 13.2 Å². The van der Waals surface area contributed by atoms with Crippen LogP contribution in [0.25, 0.3) is 0 Å². The topological polar surface area (TPSA) is 44.8 Å². The number of alkyl halides is 1. The molecule has 0 N–H and O–H groups in total. The van der Waals surface area contributed by atoms with Crippen molar-refractivity contribution in [2.24, 2.45) is 0 Å². The first-order chi connectivity index (χ1) is 7.03. The van der Waals surface area contributed by atoms with Crippen molar-refractivity contribution in [3.05, 3.63) is 0 Å². The van der Waals surface area contributed by atoms with Crippen LogP contribution in [0, 0.1) is 0 Å². The smallest absolute Gasteiger partial charge is 0.326 e. The molecule has 1 aliphatic heterocycles. The molecule has 88 valence electrons. The number of carbonyl (C=O) groups excluding carboxylic acids is 1. The minimum Gasteiger partial charge on any atom is -0.430 e. The third kappa shape index (κ3) is 4.36. The lowest BCUT2D eigenvalue weighted by Crippen LogP contribution is -2.42. The van der Waals surface area contributed by atoms with Crippen LogP contribution in [0.15, 0.2) is 0 Å². The van der Waals surface area contributed by atoms with Crippen molar-refractivity contribution in [1.82, 2.24) is 0 Å². The van der Waals surface area contributed by atoms with E-state index in [4.69, 9.17) is 25.8 Å². The molecule has 0 radical (unpaired) electrons. The van der Waals surface area contributed by atoms with Gasteiger partial charge in [-0.05, 0) is 19.8 Å². The fourth-order valence-electron chi connectivity index (χ4n) is 1.25. The molecule has 0 aromatic heterocycles. The Labute approximate surface area is 94.8 Å². The maximum absolute atomic E-state index is 11.3. The standard InChI is InChI=1S/C10H17ClO4/c1-8(11)9(12)15-10(2)7-13-5-3-4-6-14-10/h8H,3-7H2,1-2H3. The summed E-state index contributed by atoms with van der Waals surface area (Å²) in [5, 5.41) is -0.670. The Balaban J connectivity index is 2.50. The number of ether oxygens (including phenoxy) is 3. The molecule has 0 amide bonds. The number of hydrogen-bond acceptors (Lipinski definition) is 4. The van der Waals surface area contributed by atoms with Gasteiger partial charge in [-0.25, -0.2) is 0 Å². The number of carbonyl (C=O) groups is 1. The van der Waals surface area contributed by atoms with Crippen LogP contribution in [0.2, 0.25) is 0 Å². The minimum absolute atomic E-state index is 0.252. The summed E-state index contributed by atoms with van der Waals surface area (Å²) in [7, 11) is 0. The van der Waals surface area contributed by atoms with Gasteiger partial charge in [-0.3, -0.25) is 4.79 Å². The average molecular weight is 237 g/mol. The van der Waals surface area contributed by atoms with Crippen LogP contribution >= 0.6 is 11.6 Å². The van der Waals surface area contributed by atoms with Crippen LogP contribution in [0.1, 0.15) is 26.7 Å². The second-order valence-corrected chi connectivity index (χ2v) is 4.43. The molecule has 0 aromatic carbocycles. The van der Waals surface area contributed by atoms with E-state index in [0.717, 1.165) is 12.8 Å². The summed E-state index contributed by atoms with van der Waals surface area (Å²) < 4.78 is 15.9. The zero-order valence-corrected chi connectivity index (χ0v) is 9.88. The molecule has 1 rings (SSSR count). The molecule has 1 fully saturated rings. The molecule has 0 aliphatic carbocycles. The lowest BCUT2D eigenvalue weighted by atomic mass is 10.3. The Bertz CT molecular complexity index is 209. The van der Waals surface area contributed by atoms with E-state index < -0.39 is 17.1 Å². The van der Waals surface area contributed by atoms with Crippen molar-refractivity contribution >= 4 is 17.6 Å². The Morgan fingerprint density at radius 3 is 2.80 bits per heavy atom. The van der Waals surface area contributed by atoms with E-state index in [1.165, 1.54) is 0 Å². The highest BCUT2D eigenvalue weighted by atomic mass is 35.5. The Kier molecular flexibility index (Phi) is 4.83. The van der Waals surface area contributed by atoms with E-state index >= 15 is 0 Å². The maximum atomic E-state index is 11.3. The van der Waals surface area contributed by atoms with Gasteiger partial charge in [0.2, 0.25) is 5.79 Å². The van der Waals surface area contributed by atoms with Gasteiger partial charge in [-0.1, -0.05) is 0 Å². The van der Waals surface area contributed by atoms with E-state index in [1.807, 2.05) is 0 Å². The fraction of sp³-hybridized carbons (Fsp3) is 0.900. The first-order valence-electron chi connectivity index (χ1n) is 5.12. The molecule has 0 saturated carbocycles. The number of rotatable bonds is 2. The third-order valence-corrected chi connectivity index (χ3v) is 2.27. The van der Waals surface area contributed by atoms with E-state index in [9.17, 15) is 4.79 Å². The van der Waals surface area contributed by atoms with Crippen LogP contribution in [0.4, 0.5) is 0 Å². The summed E-state index contributed by atoms with van der Waals surface area (Å²) in [6, 6.07) is 0. The van der Waals surface area contributed by atoms with Crippen molar-refractivity contribution < 1.29 is 19.0 Å². The summed E-state index contributed by atoms with van der Waals surface area (Å²) >= 11 is 5.61. The van der Waals surface area contributed by atoms with Crippen molar-refractivity contribution in [2.45, 2.75) is 37.9 Å². The number of hydrogen-bond donors (Lipinski definition) is 0. The molecule has 2 unspecified atom stereocenters. The Morgan fingerprint density at radius 2 is 2.13 bits per heavy atom. The predicted molar refractivity (Wildman–Crippen MR) is 55.8 cm³/mol. The zero-order valence-electron chi connectivity index (χ0n) is 9.12. The second kappa shape index (κ2) is 5.68. The third-order valence-electron chi connectivity index (χ3n) is 2.10. The summed E-state index contributed by atoms with van der Waals surface area (Å²) in [6.07, 6.45) is 1.87. The number of halogens is 1. The van der Waals surface area contributed by atoms with Gasteiger partial charge in [0.15, 0.2) is 0 Å². The molecule has 15 heavy (non-hydrogen) atoms. The summed E-state index contributed by atoms with van der Waals surface area (Å²) in [4.78, 5) is 11.3. The van der Waals surface area contributed by atoms with Crippen molar-refractivity contribution in [1.29, 1.82) is 0 Å². The first kappa shape index (κ1) is 12.7. The molecular formula is C10H17ClO4. The van der Waals surface area contributed by atoms with Gasteiger partial charge in [0.1, 0.15) is 12.0 Å². The molecule has 4 nitrogen and oxygen atoms in total. The highest BCUT2D eigenvalue weighted by molar-refractivity contribution is 6.29. The Hall–Kier alpha value is -0.320. The van der Waals surface area contributed by atoms with Crippen LogP contribution in [0.5, 0.6) is 0 Å². The monoisotopic (exact) mass is 236 g/mol. The molecule has 0 aromatic rings. The maximum Gasteiger partial charge on any atom is 0.326 e. The lowest BCUT2D eigenvalue weighted by molar-refractivity contribution is -0.248. The highest BCUT2D eigenvalue weighted by Gasteiger charge is 2.32. The van der Waals surface area contributed by atoms with Crippen molar-refractivity contribution in [3.8, 4) is 0 Å². The van der Waals surface area contributed by atoms with Gasteiger partial charge in [0, 0.05) is 13.5 Å².